The maximum Gasteiger partial charge on any atom is 0.221 e. The summed E-state index contributed by atoms with van der Waals surface area (Å²) >= 11 is 3.59. The number of likely N-dealkylation sites (N-methyl/N-ethyl adjacent to an activating group) is 1. The monoisotopic (exact) mass is 364 g/mol. The van der Waals surface area contributed by atoms with Crippen molar-refractivity contribution in [3.05, 3.63) is 45.3 Å². The Morgan fingerprint density at radius 3 is 2.59 bits per heavy atom. The van der Waals surface area contributed by atoms with Gasteiger partial charge in [-0.25, -0.2) is 0 Å². The minimum absolute atomic E-state index is 0.0332. The van der Waals surface area contributed by atoms with Crippen LogP contribution in [0.4, 0.5) is 0 Å². The van der Waals surface area contributed by atoms with E-state index in [1.54, 1.807) is 6.92 Å². The van der Waals surface area contributed by atoms with Gasteiger partial charge in [0.1, 0.15) is 0 Å². The summed E-state index contributed by atoms with van der Waals surface area (Å²) in [4.78, 5) is 11.7. The van der Waals surface area contributed by atoms with Crippen LogP contribution < -0.4 is 10.6 Å². The Bertz CT molecular complexity index is 609. The molecular formula is C18H25BrN2O. The summed E-state index contributed by atoms with van der Waals surface area (Å²) in [6.45, 7) is 8.26. The van der Waals surface area contributed by atoms with Crippen LogP contribution in [0.5, 0.6) is 0 Å². The molecule has 0 aromatic heterocycles. The molecule has 2 aliphatic rings. The largest absolute Gasteiger partial charge is 0.387 e. The lowest BCUT2D eigenvalue weighted by Crippen LogP contribution is -2.32. The van der Waals surface area contributed by atoms with E-state index in [9.17, 15) is 4.79 Å². The normalized spacial score (nSPS) is 24.3. The highest BCUT2D eigenvalue weighted by molar-refractivity contribution is 9.11. The van der Waals surface area contributed by atoms with Gasteiger partial charge in [0.2, 0.25) is 5.91 Å². The fourth-order valence-corrected chi connectivity index (χ4v) is 3.81. The zero-order chi connectivity index (χ0) is 16.5. The molecule has 4 heteroatoms. The predicted octanol–water partition coefficient (Wildman–Crippen LogP) is 4.15. The molecule has 0 radical (unpaired) electrons. The van der Waals surface area contributed by atoms with Crippen molar-refractivity contribution in [3.63, 3.8) is 0 Å². The lowest BCUT2D eigenvalue weighted by Gasteiger charge is -2.35. The molecule has 0 bridgehead atoms. The first-order valence-corrected chi connectivity index (χ1v) is 8.51. The molecule has 0 saturated carbocycles. The number of amides is 1. The second kappa shape index (κ2) is 6.45. The molecule has 120 valence electrons. The fraction of sp³-hybridized carbons (Fsp3) is 0.500. The van der Waals surface area contributed by atoms with Crippen molar-refractivity contribution in [2.45, 2.75) is 40.5 Å². The first-order valence-electron chi connectivity index (χ1n) is 7.72. The van der Waals surface area contributed by atoms with Crippen molar-refractivity contribution >= 4 is 21.8 Å². The van der Waals surface area contributed by atoms with Gasteiger partial charge in [-0.2, -0.15) is 0 Å². The SMILES string of the molecule is CNC1=CC(C)(C)CC(C2=CC=C(Br)CC2C)=C1NC(C)=O. The molecule has 0 aromatic rings. The summed E-state index contributed by atoms with van der Waals surface area (Å²) in [7, 11) is 1.90. The van der Waals surface area contributed by atoms with Crippen LogP contribution in [0.3, 0.4) is 0 Å². The van der Waals surface area contributed by atoms with Crippen molar-refractivity contribution in [1.82, 2.24) is 10.6 Å². The van der Waals surface area contributed by atoms with E-state index in [1.165, 1.54) is 15.6 Å². The van der Waals surface area contributed by atoms with Crippen LogP contribution in [0.15, 0.2) is 45.3 Å². The maximum absolute atomic E-state index is 11.7. The quantitative estimate of drug-likeness (QED) is 0.789. The first kappa shape index (κ1) is 17.1. The van der Waals surface area contributed by atoms with Crippen molar-refractivity contribution in [3.8, 4) is 0 Å². The molecule has 0 spiro atoms. The van der Waals surface area contributed by atoms with E-state index in [0.717, 1.165) is 24.2 Å². The van der Waals surface area contributed by atoms with E-state index in [-0.39, 0.29) is 11.3 Å². The second-order valence-electron chi connectivity index (χ2n) is 6.85. The summed E-state index contributed by atoms with van der Waals surface area (Å²) in [5, 5.41) is 6.28. The zero-order valence-electron chi connectivity index (χ0n) is 14.0. The number of nitrogens with one attached hydrogen (secondary N) is 2. The van der Waals surface area contributed by atoms with E-state index in [1.807, 2.05) is 7.05 Å². The van der Waals surface area contributed by atoms with Gasteiger partial charge in [-0.3, -0.25) is 4.79 Å². The van der Waals surface area contributed by atoms with Crippen LogP contribution in [-0.4, -0.2) is 13.0 Å². The van der Waals surface area contributed by atoms with Gasteiger partial charge in [0, 0.05) is 14.0 Å². The number of halogens is 1. The molecule has 1 amide bonds. The lowest BCUT2D eigenvalue weighted by atomic mass is 9.74. The molecule has 0 aliphatic heterocycles. The molecule has 1 atom stereocenters. The molecule has 22 heavy (non-hydrogen) atoms. The number of allylic oxidation sites excluding steroid dienone is 6. The summed E-state index contributed by atoms with van der Waals surface area (Å²) < 4.78 is 1.23. The fourth-order valence-electron chi connectivity index (χ4n) is 3.20. The Kier molecular flexibility index (Phi) is 5.00. The standard InChI is InChI=1S/C18H25BrN2O/c1-11-8-13(19)6-7-14(11)15-9-18(3,4)10-16(20-5)17(15)21-12(2)22/h6-7,10-11,20H,8-9H2,1-5H3,(H,21,22). The van der Waals surface area contributed by atoms with Crippen LogP contribution in [0.2, 0.25) is 0 Å². The van der Waals surface area contributed by atoms with Gasteiger partial charge in [0.05, 0.1) is 11.4 Å². The minimum Gasteiger partial charge on any atom is -0.387 e. The van der Waals surface area contributed by atoms with E-state index < -0.39 is 0 Å². The van der Waals surface area contributed by atoms with Crippen LogP contribution in [-0.2, 0) is 4.79 Å². The Morgan fingerprint density at radius 1 is 1.36 bits per heavy atom. The van der Waals surface area contributed by atoms with Crippen molar-refractivity contribution in [1.29, 1.82) is 0 Å². The molecule has 0 aromatic carbocycles. The summed E-state index contributed by atoms with van der Waals surface area (Å²) in [5.41, 5.74) is 4.56. The molecule has 0 saturated heterocycles. The Balaban J connectivity index is 2.56. The van der Waals surface area contributed by atoms with Gasteiger partial charge in [-0.15, -0.1) is 0 Å². The van der Waals surface area contributed by atoms with Gasteiger partial charge in [0.15, 0.2) is 0 Å². The molecule has 3 nitrogen and oxygen atoms in total. The number of hydrogen-bond acceptors (Lipinski definition) is 2. The third-order valence-corrected chi connectivity index (χ3v) is 4.72. The Labute approximate surface area is 141 Å². The second-order valence-corrected chi connectivity index (χ2v) is 7.87. The van der Waals surface area contributed by atoms with Crippen LogP contribution in [0.1, 0.15) is 40.5 Å². The molecule has 2 rings (SSSR count). The van der Waals surface area contributed by atoms with Crippen LogP contribution in [0, 0.1) is 11.3 Å². The topological polar surface area (TPSA) is 41.1 Å². The number of carbonyl (C=O) groups is 1. The molecule has 2 N–H and O–H groups in total. The minimum atomic E-state index is -0.0332. The van der Waals surface area contributed by atoms with Gasteiger partial charge in [-0.05, 0) is 39.8 Å². The van der Waals surface area contributed by atoms with Gasteiger partial charge >= 0.3 is 0 Å². The van der Waals surface area contributed by atoms with E-state index in [0.29, 0.717) is 5.92 Å². The predicted molar refractivity (Wildman–Crippen MR) is 95.3 cm³/mol. The summed E-state index contributed by atoms with van der Waals surface area (Å²) in [6.07, 6.45) is 8.45. The van der Waals surface area contributed by atoms with Crippen molar-refractivity contribution in [2.75, 3.05) is 7.05 Å². The Hall–Kier alpha value is -1.29. The smallest absolute Gasteiger partial charge is 0.221 e. The molecular weight excluding hydrogens is 340 g/mol. The maximum atomic E-state index is 11.7. The van der Waals surface area contributed by atoms with E-state index in [4.69, 9.17) is 0 Å². The van der Waals surface area contributed by atoms with E-state index in [2.05, 4.69) is 65.6 Å². The number of rotatable bonds is 3. The Morgan fingerprint density at radius 2 is 2.05 bits per heavy atom. The average molecular weight is 365 g/mol. The first-order chi connectivity index (χ1) is 10.2. The molecule has 0 heterocycles. The van der Waals surface area contributed by atoms with Gasteiger partial charge in [-0.1, -0.05) is 54.9 Å². The van der Waals surface area contributed by atoms with E-state index >= 15 is 0 Å². The highest BCUT2D eigenvalue weighted by Crippen LogP contribution is 2.43. The zero-order valence-corrected chi connectivity index (χ0v) is 15.6. The van der Waals surface area contributed by atoms with Crippen LogP contribution >= 0.6 is 15.9 Å². The number of carbonyl (C=O) groups excluding carboxylic acids is 1. The van der Waals surface area contributed by atoms with Gasteiger partial charge in [0.25, 0.3) is 0 Å². The third kappa shape index (κ3) is 3.72. The van der Waals surface area contributed by atoms with Gasteiger partial charge < -0.3 is 10.6 Å². The molecule has 0 fully saturated rings. The summed E-state index contributed by atoms with van der Waals surface area (Å²) in [6, 6.07) is 0. The summed E-state index contributed by atoms with van der Waals surface area (Å²) in [5.74, 6) is 0.402. The van der Waals surface area contributed by atoms with Crippen molar-refractivity contribution < 1.29 is 4.79 Å². The third-order valence-electron chi connectivity index (χ3n) is 4.13. The lowest BCUT2D eigenvalue weighted by molar-refractivity contribution is -0.118. The van der Waals surface area contributed by atoms with Crippen molar-refractivity contribution in [2.24, 2.45) is 11.3 Å². The molecule has 2 aliphatic carbocycles. The highest BCUT2D eigenvalue weighted by Gasteiger charge is 2.31. The average Bonchev–Trinajstić information content (AvgIpc) is 2.39. The molecule has 1 unspecified atom stereocenters. The highest BCUT2D eigenvalue weighted by atomic mass is 79.9. The van der Waals surface area contributed by atoms with Crippen LogP contribution in [0.25, 0.3) is 0 Å². The number of hydrogen-bond donors (Lipinski definition) is 2.